The van der Waals surface area contributed by atoms with Gasteiger partial charge in [0, 0.05) is 12.8 Å². The Morgan fingerprint density at radius 3 is 1.48 bits per heavy atom. The first-order chi connectivity index (χ1) is 26.0. The molecule has 20 nitrogen and oxygen atoms in total. The summed E-state index contributed by atoms with van der Waals surface area (Å²) in [4.78, 5) is 104. The standard InChI is InChI=1S/C21H30N4O7.C13H24N4O5.C2H6/c1-21(2,3)32-18(28)10-9-15(19(29)24-12-17(27)23-11-16(22)26)25-20(30)31-13-14-7-5-4-6-8-14;1-13(2,3)22-11(20)5-4-8(14)12(21)17-7-10(19)16-6-9(15)18;1-2/h4-8,15H,9-13H2,1-3H3,(H2,22,26)(H,23,27)(H,24,29)(H,25,30);8H,4-7,14H2,1-3H3,(H2,15,18)(H,16,19)(H,17,21);1-2H3. The molecule has 0 fully saturated rings. The third-order valence-corrected chi connectivity index (χ3v) is 6.06. The summed E-state index contributed by atoms with van der Waals surface area (Å²) in [5.41, 5.74) is 14.9. The van der Waals surface area contributed by atoms with E-state index in [1.165, 1.54) is 0 Å². The van der Waals surface area contributed by atoms with Crippen LogP contribution in [0.4, 0.5) is 4.79 Å². The van der Waals surface area contributed by atoms with E-state index in [2.05, 4.69) is 26.6 Å². The molecule has 0 heterocycles. The van der Waals surface area contributed by atoms with Crippen molar-refractivity contribution >= 4 is 53.5 Å². The summed E-state index contributed by atoms with van der Waals surface area (Å²) in [7, 11) is 0. The van der Waals surface area contributed by atoms with Crippen LogP contribution in [0.2, 0.25) is 0 Å². The van der Waals surface area contributed by atoms with Crippen molar-refractivity contribution in [2.45, 2.75) is 111 Å². The highest BCUT2D eigenvalue weighted by Crippen LogP contribution is 2.11. The molecular formula is C36H60N8O12. The molecule has 1 aromatic rings. The Kier molecular flexibility index (Phi) is 25.9. The van der Waals surface area contributed by atoms with Crippen LogP contribution in [0.3, 0.4) is 0 Å². The number of benzene rings is 1. The number of amides is 7. The number of alkyl carbamates (subject to hydrolysis) is 1. The van der Waals surface area contributed by atoms with Crippen LogP contribution in [-0.4, -0.2) is 103 Å². The fourth-order valence-electron chi connectivity index (χ4n) is 3.71. The zero-order valence-electron chi connectivity index (χ0n) is 33.5. The summed E-state index contributed by atoms with van der Waals surface area (Å²) in [5.74, 6) is -4.90. The van der Waals surface area contributed by atoms with Gasteiger partial charge in [-0.05, 0) is 59.9 Å². The van der Waals surface area contributed by atoms with E-state index in [0.717, 1.165) is 5.56 Å². The normalized spacial score (nSPS) is 11.5. The molecule has 1 rings (SSSR count). The van der Waals surface area contributed by atoms with Crippen LogP contribution in [0.25, 0.3) is 0 Å². The highest BCUT2D eigenvalue weighted by molar-refractivity contribution is 5.91. The molecule has 0 saturated heterocycles. The Bertz CT molecular complexity index is 1440. The Labute approximate surface area is 327 Å². The maximum atomic E-state index is 12.5. The summed E-state index contributed by atoms with van der Waals surface area (Å²) >= 11 is 0. The van der Waals surface area contributed by atoms with E-state index in [-0.39, 0.29) is 51.9 Å². The van der Waals surface area contributed by atoms with Gasteiger partial charge in [-0.2, -0.15) is 0 Å². The van der Waals surface area contributed by atoms with Crippen molar-refractivity contribution in [3.05, 3.63) is 35.9 Å². The fraction of sp³-hybridized carbons (Fsp3) is 0.583. The largest absolute Gasteiger partial charge is 0.460 e. The van der Waals surface area contributed by atoms with E-state index in [9.17, 15) is 43.2 Å². The summed E-state index contributed by atoms with van der Waals surface area (Å²) in [6.07, 6.45) is -0.994. The molecule has 2 atom stereocenters. The number of esters is 2. The third kappa shape index (κ3) is 30.6. The molecule has 11 N–H and O–H groups in total. The van der Waals surface area contributed by atoms with Crippen LogP contribution in [0.5, 0.6) is 0 Å². The lowest BCUT2D eigenvalue weighted by molar-refractivity contribution is -0.156. The van der Waals surface area contributed by atoms with E-state index in [1.54, 1.807) is 65.8 Å². The zero-order valence-corrected chi connectivity index (χ0v) is 33.5. The van der Waals surface area contributed by atoms with Crippen molar-refractivity contribution in [3.63, 3.8) is 0 Å². The summed E-state index contributed by atoms with van der Waals surface area (Å²) in [6, 6.07) is 6.84. The summed E-state index contributed by atoms with van der Waals surface area (Å²) in [5, 5.41) is 11.4. The second-order valence-electron chi connectivity index (χ2n) is 13.5. The van der Waals surface area contributed by atoms with Gasteiger partial charge in [0.2, 0.25) is 35.4 Å². The van der Waals surface area contributed by atoms with Crippen LogP contribution >= 0.6 is 0 Å². The molecule has 0 aliphatic rings. The number of carbonyl (C=O) groups excluding carboxylic acids is 9. The Hall–Kier alpha value is -5.79. The van der Waals surface area contributed by atoms with Gasteiger partial charge in [0.1, 0.15) is 23.9 Å². The Balaban J connectivity index is 0. The first kappa shape index (κ1) is 52.3. The van der Waals surface area contributed by atoms with Crippen molar-refractivity contribution < 1.29 is 57.4 Å². The van der Waals surface area contributed by atoms with Gasteiger partial charge in [-0.15, -0.1) is 0 Å². The number of rotatable bonds is 19. The first-order valence-electron chi connectivity index (χ1n) is 17.8. The molecule has 1 aromatic carbocycles. The van der Waals surface area contributed by atoms with Gasteiger partial charge in [-0.1, -0.05) is 44.2 Å². The number of hydrogen-bond donors (Lipinski definition) is 8. The summed E-state index contributed by atoms with van der Waals surface area (Å²) in [6.45, 7) is 12.9. The summed E-state index contributed by atoms with van der Waals surface area (Å²) < 4.78 is 15.4. The van der Waals surface area contributed by atoms with Gasteiger partial charge in [-0.3, -0.25) is 38.4 Å². The Morgan fingerprint density at radius 1 is 0.625 bits per heavy atom. The van der Waals surface area contributed by atoms with Crippen molar-refractivity contribution in [1.82, 2.24) is 26.6 Å². The van der Waals surface area contributed by atoms with Crippen LogP contribution in [0.15, 0.2) is 30.3 Å². The van der Waals surface area contributed by atoms with Crippen LogP contribution in [0, 0.1) is 0 Å². The van der Waals surface area contributed by atoms with E-state index in [0.29, 0.717) is 0 Å². The molecule has 20 heteroatoms. The van der Waals surface area contributed by atoms with Crippen LogP contribution in [0.1, 0.15) is 86.6 Å². The molecule has 56 heavy (non-hydrogen) atoms. The van der Waals surface area contributed by atoms with Crippen molar-refractivity contribution in [3.8, 4) is 0 Å². The predicted octanol–water partition coefficient (Wildman–Crippen LogP) is -0.699. The second-order valence-corrected chi connectivity index (χ2v) is 13.5. The van der Waals surface area contributed by atoms with Crippen LogP contribution in [-0.2, 0) is 59.2 Å². The monoisotopic (exact) mass is 796 g/mol. The maximum absolute atomic E-state index is 12.5. The van der Waals surface area contributed by atoms with Gasteiger partial charge in [0.15, 0.2) is 0 Å². The number of primary amides is 2. The number of carbonyl (C=O) groups is 9. The number of nitrogens with one attached hydrogen (secondary N) is 5. The molecule has 0 aliphatic carbocycles. The van der Waals surface area contributed by atoms with E-state index in [1.807, 2.05) is 19.9 Å². The van der Waals surface area contributed by atoms with Crippen molar-refractivity contribution in [1.29, 1.82) is 0 Å². The lowest BCUT2D eigenvalue weighted by Gasteiger charge is -2.21. The number of ether oxygens (including phenoxy) is 3. The number of nitrogens with two attached hydrogens (primary N) is 3. The molecule has 7 amide bonds. The van der Waals surface area contributed by atoms with Gasteiger partial charge in [0.25, 0.3) is 0 Å². The molecule has 0 radical (unpaired) electrons. The highest BCUT2D eigenvalue weighted by atomic mass is 16.6. The van der Waals surface area contributed by atoms with E-state index < -0.39 is 83.3 Å². The second kappa shape index (κ2) is 27.7. The van der Waals surface area contributed by atoms with Gasteiger partial charge in [0.05, 0.1) is 32.2 Å². The highest BCUT2D eigenvalue weighted by Gasteiger charge is 2.25. The van der Waals surface area contributed by atoms with Crippen LogP contribution < -0.4 is 43.8 Å². The smallest absolute Gasteiger partial charge is 0.408 e. The molecule has 0 bridgehead atoms. The quantitative estimate of drug-likeness (QED) is 0.0635. The minimum absolute atomic E-state index is 0.000269. The molecule has 0 saturated carbocycles. The SMILES string of the molecule is CC.CC(C)(C)OC(=O)CCC(N)C(=O)NCC(=O)NCC(N)=O.CC(C)(C)OC(=O)CCC(NC(=O)OCc1ccccc1)C(=O)NCC(=O)NCC(N)=O. The van der Waals surface area contributed by atoms with E-state index >= 15 is 0 Å². The first-order valence-corrected chi connectivity index (χ1v) is 17.8. The molecule has 0 aromatic heterocycles. The number of hydrogen-bond acceptors (Lipinski definition) is 13. The fourth-order valence-corrected chi connectivity index (χ4v) is 3.71. The average molecular weight is 797 g/mol. The average Bonchev–Trinajstić information content (AvgIpc) is 3.10. The van der Waals surface area contributed by atoms with Crippen molar-refractivity contribution in [2.75, 3.05) is 26.2 Å². The Morgan fingerprint density at radius 2 is 1.05 bits per heavy atom. The predicted molar refractivity (Wildman–Crippen MR) is 203 cm³/mol. The lowest BCUT2D eigenvalue weighted by atomic mass is 10.1. The van der Waals surface area contributed by atoms with Crippen molar-refractivity contribution in [2.24, 2.45) is 17.2 Å². The molecule has 0 spiro atoms. The lowest BCUT2D eigenvalue weighted by Crippen LogP contribution is -2.49. The third-order valence-electron chi connectivity index (χ3n) is 6.06. The minimum atomic E-state index is -1.16. The van der Waals surface area contributed by atoms with Gasteiger partial charge >= 0.3 is 18.0 Å². The molecular weight excluding hydrogens is 736 g/mol. The molecule has 2 unspecified atom stereocenters. The molecule has 316 valence electrons. The van der Waals surface area contributed by atoms with Gasteiger partial charge in [-0.25, -0.2) is 4.79 Å². The minimum Gasteiger partial charge on any atom is -0.460 e. The topological polar surface area (TPSA) is 320 Å². The maximum Gasteiger partial charge on any atom is 0.408 e. The van der Waals surface area contributed by atoms with E-state index in [4.69, 9.17) is 31.4 Å². The zero-order chi connectivity index (χ0) is 43.5. The van der Waals surface area contributed by atoms with Gasteiger partial charge < -0.3 is 58.0 Å². The molecule has 0 aliphatic heterocycles.